The van der Waals surface area contributed by atoms with E-state index in [-0.39, 0.29) is 30.9 Å². The van der Waals surface area contributed by atoms with Crippen LogP contribution in [0, 0.1) is 0 Å². The first kappa shape index (κ1) is 14.4. The van der Waals surface area contributed by atoms with Gasteiger partial charge in [-0.1, -0.05) is 12.1 Å². The fourth-order valence-electron chi connectivity index (χ4n) is 3.61. The third kappa shape index (κ3) is 3.56. The van der Waals surface area contributed by atoms with Crippen LogP contribution in [0.5, 0.6) is 0 Å². The molecule has 0 unspecified atom stereocenters. The monoisotopic (exact) mass is 401 g/mol. The van der Waals surface area contributed by atoms with Gasteiger partial charge in [-0.3, -0.25) is 9.78 Å². The Morgan fingerprint density at radius 1 is 1.07 bits per heavy atom. The highest BCUT2D eigenvalue weighted by molar-refractivity contribution is 5.98. The van der Waals surface area contributed by atoms with Crippen LogP contribution in [0.2, 0.25) is 0 Å². The molecule has 30 heavy (non-hydrogen) atoms. The Morgan fingerprint density at radius 3 is 2.73 bits per heavy atom. The van der Waals surface area contributed by atoms with Crippen molar-refractivity contribution in [2.75, 3.05) is 17.9 Å². The number of rotatable bonds is 5. The molecule has 1 fully saturated rings. The van der Waals surface area contributed by atoms with Gasteiger partial charge in [-0.25, -0.2) is 9.97 Å². The van der Waals surface area contributed by atoms with Crippen LogP contribution in [-0.4, -0.2) is 38.3 Å². The predicted molar refractivity (Wildman–Crippen MR) is 118 cm³/mol. The molecule has 0 saturated carbocycles. The lowest BCUT2D eigenvalue weighted by molar-refractivity contribution is 0.0992. The zero-order valence-corrected chi connectivity index (χ0v) is 16.5. The molecule has 3 aromatic heterocycles. The Morgan fingerprint density at radius 2 is 1.93 bits per heavy atom. The summed E-state index contributed by atoms with van der Waals surface area (Å²) in [6.45, 7) is -3.74. The van der Waals surface area contributed by atoms with Crippen LogP contribution in [0.25, 0.3) is 22.0 Å². The molecular weight excluding hydrogens is 374 g/mol. The first-order chi connectivity index (χ1) is 16.1. The molecule has 0 bridgehead atoms. The van der Waals surface area contributed by atoms with Crippen LogP contribution in [0.3, 0.4) is 0 Å². The fourth-order valence-corrected chi connectivity index (χ4v) is 3.61. The van der Waals surface area contributed by atoms with E-state index in [1.165, 1.54) is 12.3 Å². The van der Waals surface area contributed by atoms with Crippen LogP contribution in [-0.2, 0) is 13.5 Å². The van der Waals surface area contributed by atoms with E-state index < -0.39 is 13.0 Å². The summed E-state index contributed by atoms with van der Waals surface area (Å²) in [5, 5.41) is 1.93. The zero-order valence-electron chi connectivity index (χ0n) is 20.5. The van der Waals surface area contributed by atoms with Gasteiger partial charge in [0, 0.05) is 60.1 Å². The van der Waals surface area contributed by atoms with Gasteiger partial charge in [-0.05, 0) is 42.5 Å². The second-order valence-electron chi connectivity index (χ2n) is 7.28. The summed E-state index contributed by atoms with van der Waals surface area (Å²) in [6.07, 6.45) is 6.90. The summed E-state index contributed by atoms with van der Waals surface area (Å²) in [5.74, 6) is -0.0794. The molecule has 0 amide bonds. The van der Waals surface area contributed by atoms with Gasteiger partial charge in [0.25, 0.3) is 0 Å². The van der Waals surface area contributed by atoms with Gasteiger partial charge in [0.2, 0.25) is 0 Å². The van der Waals surface area contributed by atoms with Crippen molar-refractivity contribution < 1.29 is 10.3 Å². The van der Waals surface area contributed by atoms with Crippen LogP contribution in [0.4, 0.5) is 5.82 Å². The van der Waals surface area contributed by atoms with Gasteiger partial charge in [0.1, 0.15) is 5.82 Å². The number of carbonyl (C=O) groups excluding carboxylic acids is 1. The standard InChI is InChI=1S/C24H23N5O/c1-28-16-25-15-22(28)17-4-5-19-14-27-21(11-20(19)10-17)13-23(30)18-6-7-26-24(12-18)29-8-2-3-9-29/h4-7,10-12,14-16H,2-3,8-9,13H2,1H3/i8D2,9D2. The van der Waals surface area contributed by atoms with Crippen molar-refractivity contribution >= 4 is 22.4 Å². The number of pyridine rings is 2. The van der Waals surface area contributed by atoms with Crippen molar-refractivity contribution in [1.29, 1.82) is 0 Å². The molecule has 6 heteroatoms. The summed E-state index contributed by atoms with van der Waals surface area (Å²) in [7, 11) is 1.94. The molecule has 4 aromatic rings. The topological polar surface area (TPSA) is 63.9 Å². The van der Waals surface area contributed by atoms with Crippen LogP contribution in [0.15, 0.2) is 61.3 Å². The average molecular weight is 402 g/mol. The number of carbonyl (C=O) groups is 1. The van der Waals surface area contributed by atoms with E-state index in [1.54, 1.807) is 24.8 Å². The van der Waals surface area contributed by atoms with E-state index in [4.69, 9.17) is 5.48 Å². The summed E-state index contributed by atoms with van der Waals surface area (Å²) in [5.41, 5.74) is 2.96. The smallest absolute Gasteiger partial charge is 0.169 e. The van der Waals surface area contributed by atoms with Gasteiger partial charge in [-0.15, -0.1) is 0 Å². The first-order valence-electron chi connectivity index (χ1n) is 11.8. The summed E-state index contributed by atoms with van der Waals surface area (Å²) < 4.78 is 34.6. The normalized spacial score (nSPS) is 19.2. The number of imidazole rings is 1. The summed E-state index contributed by atoms with van der Waals surface area (Å²) in [6, 6.07) is 11.0. The summed E-state index contributed by atoms with van der Waals surface area (Å²) >= 11 is 0. The average Bonchev–Trinajstić information content (AvgIpc) is 3.32. The number of fused-ring (bicyclic) bond motifs is 1. The number of aromatic nitrogens is 4. The second kappa shape index (κ2) is 7.71. The highest BCUT2D eigenvalue weighted by Crippen LogP contribution is 2.25. The van der Waals surface area contributed by atoms with E-state index in [2.05, 4.69) is 15.0 Å². The molecule has 1 aliphatic rings. The molecule has 1 saturated heterocycles. The molecule has 0 atom stereocenters. The molecule has 150 valence electrons. The molecule has 0 N–H and O–H groups in total. The van der Waals surface area contributed by atoms with Crippen LogP contribution >= 0.6 is 0 Å². The maximum absolute atomic E-state index is 13.1. The predicted octanol–water partition coefficient (Wildman–Crippen LogP) is 4.06. The SMILES string of the molecule is [2H]C1([2H])CCC([2H])([2H])N1c1cc(C(=O)Cc2cc3cc(-c4cncn4C)ccc3cn2)ccn1. The van der Waals surface area contributed by atoms with Crippen molar-refractivity contribution in [2.45, 2.75) is 19.3 Å². The Bertz CT molecular complexity index is 1390. The molecule has 4 heterocycles. The molecule has 6 nitrogen and oxygen atoms in total. The lowest BCUT2D eigenvalue weighted by atomic mass is 10.0. The second-order valence-corrected chi connectivity index (χ2v) is 7.28. The highest BCUT2D eigenvalue weighted by atomic mass is 16.1. The molecule has 0 spiro atoms. The minimum Gasteiger partial charge on any atom is -0.357 e. The largest absolute Gasteiger partial charge is 0.357 e. The Kier molecular flexibility index (Phi) is 3.71. The fraction of sp³-hybridized carbons (Fsp3) is 0.250. The molecule has 5 rings (SSSR count). The van der Waals surface area contributed by atoms with E-state index >= 15 is 0 Å². The Hall–Kier alpha value is -3.54. The van der Waals surface area contributed by atoms with Gasteiger partial charge in [0.15, 0.2) is 5.78 Å². The van der Waals surface area contributed by atoms with E-state index in [1.807, 2.05) is 35.9 Å². The lowest BCUT2D eigenvalue weighted by Crippen LogP contribution is -2.19. The minimum atomic E-state index is -1.87. The van der Waals surface area contributed by atoms with Crippen molar-refractivity contribution in [3.8, 4) is 11.3 Å². The maximum atomic E-state index is 13.1. The zero-order chi connectivity index (χ0) is 24.1. The number of benzene rings is 1. The van der Waals surface area contributed by atoms with Crippen molar-refractivity contribution in [3.05, 3.63) is 72.6 Å². The van der Waals surface area contributed by atoms with Crippen molar-refractivity contribution in [3.63, 3.8) is 0 Å². The van der Waals surface area contributed by atoms with Gasteiger partial charge < -0.3 is 9.47 Å². The molecule has 0 radical (unpaired) electrons. The maximum Gasteiger partial charge on any atom is 0.169 e. The first-order valence-corrected chi connectivity index (χ1v) is 9.79. The van der Waals surface area contributed by atoms with E-state index in [0.717, 1.165) is 26.9 Å². The van der Waals surface area contributed by atoms with Crippen molar-refractivity contribution in [2.24, 2.45) is 7.05 Å². The minimum absolute atomic E-state index is 0.0572. The third-order valence-corrected chi connectivity index (χ3v) is 5.19. The number of hydrogen-bond donors (Lipinski definition) is 0. The molecular formula is C24H23N5O. The third-order valence-electron chi connectivity index (χ3n) is 5.19. The number of ketones is 1. The number of nitrogens with zero attached hydrogens (tertiary/aromatic N) is 5. The Balaban J connectivity index is 1.42. The number of hydrogen-bond acceptors (Lipinski definition) is 5. The van der Waals surface area contributed by atoms with Crippen LogP contribution in [0.1, 0.15) is 34.4 Å². The Labute approximate surface area is 180 Å². The van der Waals surface area contributed by atoms with Crippen LogP contribution < -0.4 is 4.90 Å². The highest BCUT2D eigenvalue weighted by Gasteiger charge is 2.16. The van der Waals surface area contributed by atoms with Gasteiger partial charge in [-0.2, -0.15) is 0 Å². The number of aryl methyl sites for hydroxylation is 1. The quantitative estimate of drug-likeness (QED) is 0.472. The van der Waals surface area contributed by atoms with E-state index in [0.29, 0.717) is 11.3 Å². The van der Waals surface area contributed by atoms with E-state index in [9.17, 15) is 4.79 Å². The molecule has 1 aromatic carbocycles. The van der Waals surface area contributed by atoms with Gasteiger partial charge >= 0.3 is 0 Å². The summed E-state index contributed by atoms with van der Waals surface area (Å²) in [4.78, 5) is 26.9. The number of Topliss-reactive ketones (excluding diaryl/α,β-unsaturated/α-hetero) is 1. The molecule has 1 aliphatic heterocycles. The lowest BCUT2D eigenvalue weighted by Gasteiger charge is -2.16. The molecule has 0 aliphatic carbocycles. The number of anilines is 1. The van der Waals surface area contributed by atoms with Crippen molar-refractivity contribution in [1.82, 2.24) is 19.5 Å². The van der Waals surface area contributed by atoms with Gasteiger partial charge in [0.05, 0.1) is 24.6 Å².